The maximum absolute atomic E-state index is 13.0. The molecule has 0 bridgehead atoms. The van der Waals surface area contributed by atoms with Crippen molar-refractivity contribution in [3.63, 3.8) is 0 Å². The maximum Gasteiger partial charge on any atom is 0.195 e. The van der Waals surface area contributed by atoms with Gasteiger partial charge in [-0.05, 0) is 48.3 Å². The molecule has 0 aromatic heterocycles. The predicted molar refractivity (Wildman–Crippen MR) is 105 cm³/mol. The lowest BCUT2D eigenvalue weighted by atomic mass is 10.0. The van der Waals surface area contributed by atoms with Crippen molar-refractivity contribution in [2.75, 3.05) is 0 Å². The minimum absolute atomic E-state index is 0.0591. The second-order valence-corrected chi connectivity index (χ2v) is 13.3. The van der Waals surface area contributed by atoms with Gasteiger partial charge >= 0.3 is 0 Å². The second kappa shape index (κ2) is 8.71. The summed E-state index contributed by atoms with van der Waals surface area (Å²) in [5.41, 5.74) is 9.82. The standard InChI is InChI=1S/C19H30FN3O3Si/c1-13-18(24-12-14-7-9-15(20)10-8-14)16(22-23-21)11-17(25-13)26-27(5,6)19(2,3)4/h7-10,13,16-18H,11-12H2,1-6H3/t13-,16-,17+,18+/m0/s1. The highest BCUT2D eigenvalue weighted by Gasteiger charge is 2.44. The molecule has 0 spiro atoms. The highest BCUT2D eigenvalue weighted by atomic mass is 28.4. The van der Waals surface area contributed by atoms with E-state index in [0.29, 0.717) is 13.0 Å². The van der Waals surface area contributed by atoms with Crippen LogP contribution in [-0.2, 0) is 20.5 Å². The Bertz CT molecular complexity index is 672. The number of benzene rings is 1. The van der Waals surface area contributed by atoms with E-state index in [1.165, 1.54) is 12.1 Å². The smallest absolute Gasteiger partial charge is 0.195 e. The van der Waals surface area contributed by atoms with E-state index < -0.39 is 14.6 Å². The van der Waals surface area contributed by atoms with Crippen LogP contribution in [-0.4, -0.2) is 32.9 Å². The molecule has 6 nitrogen and oxygen atoms in total. The number of nitrogens with zero attached hydrogens (tertiary/aromatic N) is 3. The van der Waals surface area contributed by atoms with Crippen molar-refractivity contribution in [1.82, 2.24) is 0 Å². The maximum atomic E-state index is 13.0. The van der Waals surface area contributed by atoms with E-state index in [9.17, 15) is 4.39 Å². The Morgan fingerprint density at radius 1 is 1.30 bits per heavy atom. The molecule has 0 unspecified atom stereocenters. The molecule has 0 saturated carbocycles. The van der Waals surface area contributed by atoms with Crippen LogP contribution in [0.1, 0.15) is 39.7 Å². The molecule has 0 N–H and O–H groups in total. The first kappa shape index (κ1) is 21.9. The fraction of sp³-hybridized carbons (Fsp3) is 0.684. The van der Waals surface area contributed by atoms with Gasteiger partial charge in [0, 0.05) is 11.3 Å². The van der Waals surface area contributed by atoms with Crippen LogP contribution < -0.4 is 0 Å². The Morgan fingerprint density at radius 3 is 2.48 bits per heavy atom. The summed E-state index contributed by atoms with van der Waals surface area (Å²) in [6.45, 7) is 13.0. The Balaban J connectivity index is 2.05. The summed E-state index contributed by atoms with van der Waals surface area (Å²) in [6, 6.07) is 5.76. The summed E-state index contributed by atoms with van der Waals surface area (Å²) in [6.07, 6.45) is -0.633. The monoisotopic (exact) mass is 395 g/mol. The molecule has 1 aromatic rings. The molecule has 150 valence electrons. The van der Waals surface area contributed by atoms with Crippen LogP contribution in [0.25, 0.3) is 10.4 Å². The topological polar surface area (TPSA) is 76.5 Å². The first-order chi connectivity index (χ1) is 12.5. The van der Waals surface area contributed by atoms with Gasteiger partial charge in [-0.2, -0.15) is 0 Å². The Labute approximate surface area is 161 Å². The molecule has 1 aliphatic rings. The quantitative estimate of drug-likeness (QED) is 0.274. The fourth-order valence-corrected chi connectivity index (χ4v) is 3.96. The summed E-state index contributed by atoms with van der Waals surface area (Å²) in [5.74, 6) is -0.286. The first-order valence-electron chi connectivity index (χ1n) is 9.27. The van der Waals surface area contributed by atoms with E-state index in [4.69, 9.17) is 19.4 Å². The fourth-order valence-electron chi connectivity index (χ4n) is 2.80. The molecule has 27 heavy (non-hydrogen) atoms. The number of azide groups is 1. The molecule has 1 saturated heterocycles. The van der Waals surface area contributed by atoms with Crippen molar-refractivity contribution < 1.29 is 18.3 Å². The molecule has 2 rings (SSSR count). The first-order valence-corrected chi connectivity index (χ1v) is 12.2. The van der Waals surface area contributed by atoms with Crippen LogP contribution in [0, 0.1) is 5.82 Å². The van der Waals surface area contributed by atoms with Gasteiger partial charge in [-0.1, -0.05) is 38.0 Å². The van der Waals surface area contributed by atoms with E-state index >= 15 is 0 Å². The third-order valence-corrected chi connectivity index (χ3v) is 9.89. The average Bonchev–Trinajstić information content (AvgIpc) is 2.54. The number of hydrogen-bond donors (Lipinski definition) is 0. The van der Waals surface area contributed by atoms with Crippen molar-refractivity contribution in [1.29, 1.82) is 0 Å². The lowest BCUT2D eigenvalue weighted by Gasteiger charge is -2.44. The zero-order valence-corrected chi connectivity index (χ0v) is 18.0. The largest absolute Gasteiger partial charge is 0.392 e. The average molecular weight is 396 g/mol. The summed E-state index contributed by atoms with van der Waals surface area (Å²) >= 11 is 0. The number of hydrogen-bond acceptors (Lipinski definition) is 4. The van der Waals surface area contributed by atoms with E-state index in [1.54, 1.807) is 12.1 Å². The van der Waals surface area contributed by atoms with Crippen LogP contribution in [0.4, 0.5) is 4.39 Å². The minimum Gasteiger partial charge on any atom is -0.392 e. The molecule has 0 amide bonds. The third-order valence-electron chi connectivity index (χ3n) is 5.43. The molecule has 0 aliphatic carbocycles. The van der Waals surface area contributed by atoms with Crippen molar-refractivity contribution >= 4 is 8.32 Å². The molecular formula is C19H30FN3O3Si. The van der Waals surface area contributed by atoms with Gasteiger partial charge in [-0.15, -0.1) is 0 Å². The molecule has 0 radical (unpaired) electrons. The normalized spacial score (nSPS) is 26.5. The van der Waals surface area contributed by atoms with Crippen LogP contribution in [0.5, 0.6) is 0 Å². The number of ether oxygens (including phenoxy) is 2. The number of halogens is 1. The Hall–Kier alpha value is -1.44. The number of rotatable bonds is 6. The van der Waals surface area contributed by atoms with Gasteiger partial charge in [0.05, 0.1) is 24.9 Å². The van der Waals surface area contributed by atoms with Crippen LogP contribution >= 0.6 is 0 Å². The molecule has 4 atom stereocenters. The van der Waals surface area contributed by atoms with Gasteiger partial charge in [0.15, 0.2) is 8.32 Å². The summed E-state index contributed by atoms with van der Waals surface area (Å²) in [4.78, 5) is 2.99. The molecule has 1 heterocycles. The molecular weight excluding hydrogens is 365 g/mol. The van der Waals surface area contributed by atoms with Gasteiger partial charge in [0.1, 0.15) is 12.1 Å². The Kier molecular flexibility index (Phi) is 7.05. The van der Waals surface area contributed by atoms with Gasteiger partial charge < -0.3 is 13.9 Å². The van der Waals surface area contributed by atoms with Gasteiger partial charge in [0.25, 0.3) is 0 Å². The molecule has 1 aromatic carbocycles. The van der Waals surface area contributed by atoms with E-state index in [1.807, 2.05) is 6.92 Å². The third kappa shape index (κ3) is 5.76. The van der Waals surface area contributed by atoms with Crippen molar-refractivity contribution in [2.45, 2.75) is 83.4 Å². The van der Waals surface area contributed by atoms with Crippen LogP contribution in [0.15, 0.2) is 29.4 Å². The molecule has 1 fully saturated rings. The lowest BCUT2D eigenvalue weighted by Crippen LogP contribution is -2.52. The molecule has 8 heteroatoms. The van der Waals surface area contributed by atoms with Crippen molar-refractivity contribution in [3.05, 3.63) is 46.1 Å². The van der Waals surface area contributed by atoms with Gasteiger partial charge in [0.2, 0.25) is 0 Å². The zero-order chi connectivity index (χ0) is 20.2. The molecule has 1 aliphatic heterocycles. The van der Waals surface area contributed by atoms with E-state index in [0.717, 1.165) is 5.56 Å². The van der Waals surface area contributed by atoms with Crippen molar-refractivity contribution in [2.24, 2.45) is 5.11 Å². The lowest BCUT2D eigenvalue weighted by molar-refractivity contribution is -0.205. The predicted octanol–water partition coefficient (Wildman–Crippen LogP) is 5.55. The summed E-state index contributed by atoms with van der Waals surface area (Å²) < 4.78 is 31.4. The summed E-state index contributed by atoms with van der Waals surface area (Å²) in [5, 5.41) is 3.99. The highest BCUT2D eigenvalue weighted by molar-refractivity contribution is 6.74. The van der Waals surface area contributed by atoms with E-state index in [-0.39, 0.29) is 29.1 Å². The highest BCUT2D eigenvalue weighted by Crippen LogP contribution is 2.39. The SMILES string of the molecule is C[C@@H]1O[C@H](O[Si](C)(C)C(C)(C)C)C[C@H](N=[N+]=[N-])[C@@H]1OCc1ccc(F)cc1. The summed E-state index contributed by atoms with van der Waals surface area (Å²) in [7, 11) is -2.01. The Morgan fingerprint density at radius 2 is 1.93 bits per heavy atom. The van der Waals surface area contributed by atoms with Crippen LogP contribution in [0.3, 0.4) is 0 Å². The van der Waals surface area contributed by atoms with E-state index in [2.05, 4.69) is 43.9 Å². The van der Waals surface area contributed by atoms with Gasteiger partial charge in [-0.25, -0.2) is 4.39 Å². The zero-order valence-electron chi connectivity index (χ0n) is 17.0. The second-order valence-electron chi connectivity index (χ2n) is 8.56. The van der Waals surface area contributed by atoms with Gasteiger partial charge in [-0.3, -0.25) is 0 Å². The van der Waals surface area contributed by atoms with Crippen LogP contribution in [0.2, 0.25) is 18.1 Å². The van der Waals surface area contributed by atoms with Crippen molar-refractivity contribution in [3.8, 4) is 0 Å². The minimum atomic E-state index is -2.01.